The van der Waals surface area contributed by atoms with E-state index in [-0.39, 0.29) is 0 Å². The molecule has 3 rings (SSSR count). The smallest absolute Gasteiger partial charge is 0.225 e. The SMILES string of the molecule is Cc1cc(N(C)c2ccccc2)nc(NCc2ccc(Cl)cc2)n1. The Hall–Kier alpha value is -2.59. The Kier molecular flexibility index (Phi) is 4.96. The highest BCUT2D eigenvalue weighted by atomic mass is 35.5. The summed E-state index contributed by atoms with van der Waals surface area (Å²) in [5.74, 6) is 1.47. The Morgan fingerprint density at radius 1 is 1.00 bits per heavy atom. The van der Waals surface area contributed by atoms with Gasteiger partial charge < -0.3 is 10.2 Å². The first-order valence-electron chi connectivity index (χ1n) is 7.74. The second-order valence-electron chi connectivity index (χ2n) is 5.57. The predicted octanol–water partition coefficient (Wildman–Crippen LogP) is 4.82. The molecule has 0 aliphatic heterocycles. The lowest BCUT2D eigenvalue weighted by molar-refractivity contribution is 1.01. The van der Waals surface area contributed by atoms with Gasteiger partial charge in [0.25, 0.3) is 0 Å². The fourth-order valence-corrected chi connectivity index (χ4v) is 2.50. The molecular weight excluding hydrogens is 320 g/mol. The van der Waals surface area contributed by atoms with Crippen molar-refractivity contribution >= 4 is 29.1 Å². The topological polar surface area (TPSA) is 41.1 Å². The Labute approximate surface area is 147 Å². The minimum Gasteiger partial charge on any atom is -0.350 e. The van der Waals surface area contributed by atoms with Gasteiger partial charge in [0, 0.05) is 36.1 Å². The molecule has 1 N–H and O–H groups in total. The summed E-state index contributed by atoms with van der Waals surface area (Å²) < 4.78 is 0. The number of aryl methyl sites for hydroxylation is 1. The molecule has 0 radical (unpaired) electrons. The first-order chi connectivity index (χ1) is 11.6. The average molecular weight is 339 g/mol. The number of halogens is 1. The third kappa shape index (κ3) is 4.03. The van der Waals surface area contributed by atoms with Crippen LogP contribution in [0.15, 0.2) is 60.7 Å². The lowest BCUT2D eigenvalue weighted by atomic mass is 10.2. The molecule has 0 amide bonds. The maximum atomic E-state index is 5.91. The van der Waals surface area contributed by atoms with Crippen molar-refractivity contribution in [1.82, 2.24) is 9.97 Å². The fraction of sp³-hybridized carbons (Fsp3) is 0.158. The Morgan fingerprint density at radius 3 is 2.42 bits per heavy atom. The molecule has 122 valence electrons. The van der Waals surface area contributed by atoms with Crippen molar-refractivity contribution in [2.24, 2.45) is 0 Å². The summed E-state index contributed by atoms with van der Waals surface area (Å²) in [5, 5.41) is 4.01. The summed E-state index contributed by atoms with van der Waals surface area (Å²) in [4.78, 5) is 11.1. The molecule has 0 bridgehead atoms. The molecule has 0 fully saturated rings. The van der Waals surface area contributed by atoms with E-state index in [0.717, 1.165) is 27.8 Å². The molecule has 24 heavy (non-hydrogen) atoms. The molecule has 5 heteroatoms. The first-order valence-corrected chi connectivity index (χ1v) is 8.12. The van der Waals surface area contributed by atoms with Gasteiger partial charge in [-0.3, -0.25) is 0 Å². The van der Waals surface area contributed by atoms with Gasteiger partial charge in [0.05, 0.1) is 0 Å². The van der Waals surface area contributed by atoms with Gasteiger partial charge in [-0.25, -0.2) is 4.98 Å². The van der Waals surface area contributed by atoms with E-state index in [0.29, 0.717) is 12.5 Å². The van der Waals surface area contributed by atoms with E-state index in [1.54, 1.807) is 0 Å². The van der Waals surface area contributed by atoms with Gasteiger partial charge >= 0.3 is 0 Å². The zero-order valence-corrected chi connectivity index (χ0v) is 14.5. The van der Waals surface area contributed by atoms with Crippen LogP contribution >= 0.6 is 11.6 Å². The highest BCUT2D eigenvalue weighted by molar-refractivity contribution is 6.30. The molecule has 0 saturated heterocycles. The average Bonchev–Trinajstić information content (AvgIpc) is 2.61. The standard InChI is InChI=1S/C19H19ClN4/c1-14-12-18(24(2)17-6-4-3-5-7-17)23-19(22-14)21-13-15-8-10-16(20)11-9-15/h3-12H,13H2,1-2H3,(H,21,22,23). The van der Waals surface area contributed by atoms with E-state index in [1.807, 2.05) is 67.4 Å². The summed E-state index contributed by atoms with van der Waals surface area (Å²) in [6.45, 7) is 2.62. The highest BCUT2D eigenvalue weighted by Crippen LogP contribution is 2.22. The van der Waals surface area contributed by atoms with Crippen LogP contribution in [0, 0.1) is 6.92 Å². The summed E-state index contributed by atoms with van der Waals surface area (Å²) in [5.41, 5.74) is 3.13. The van der Waals surface area contributed by atoms with Crippen LogP contribution in [0.4, 0.5) is 17.5 Å². The molecule has 1 aromatic heterocycles. The molecular formula is C19H19ClN4. The van der Waals surface area contributed by atoms with Gasteiger partial charge in [-0.15, -0.1) is 0 Å². The van der Waals surface area contributed by atoms with Gasteiger partial charge in [-0.1, -0.05) is 41.9 Å². The molecule has 2 aromatic carbocycles. The van der Waals surface area contributed by atoms with Crippen molar-refractivity contribution in [3.8, 4) is 0 Å². The lowest BCUT2D eigenvalue weighted by Gasteiger charge is -2.19. The number of hydrogen-bond donors (Lipinski definition) is 1. The van der Waals surface area contributed by atoms with Crippen LogP contribution in [-0.2, 0) is 6.54 Å². The van der Waals surface area contributed by atoms with Crippen LogP contribution in [0.5, 0.6) is 0 Å². The van der Waals surface area contributed by atoms with Crippen molar-refractivity contribution in [1.29, 1.82) is 0 Å². The fourth-order valence-electron chi connectivity index (χ4n) is 2.37. The number of para-hydroxylation sites is 1. The molecule has 0 aliphatic carbocycles. The normalized spacial score (nSPS) is 10.5. The second kappa shape index (κ2) is 7.32. The first kappa shape index (κ1) is 16.3. The maximum Gasteiger partial charge on any atom is 0.225 e. The molecule has 0 atom stereocenters. The maximum absolute atomic E-state index is 5.91. The van der Waals surface area contributed by atoms with Crippen molar-refractivity contribution in [3.05, 3.63) is 76.9 Å². The Balaban J connectivity index is 1.77. The van der Waals surface area contributed by atoms with Crippen LogP contribution in [0.2, 0.25) is 5.02 Å². The highest BCUT2D eigenvalue weighted by Gasteiger charge is 2.08. The minimum absolute atomic E-state index is 0.614. The lowest BCUT2D eigenvalue weighted by Crippen LogP contribution is -2.13. The summed E-state index contributed by atoms with van der Waals surface area (Å²) in [7, 11) is 2.00. The third-order valence-corrected chi connectivity index (χ3v) is 3.94. The largest absolute Gasteiger partial charge is 0.350 e. The number of nitrogens with one attached hydrogen (secondary N) is 1. The molecule has 0 aliphatic rings. The van der Waals surface area contributed by atoms with Crippen LogP contribution in [-0.4, -0.2) is 17.0 Å². The van der Waals surface area contributed by atoms with Gasteiger partial charge in [0.1, 0.15) is 5.82 Å². The number of hydrogen-bond acceptors (Lipinski definition) is 4. The number of rotatable bonds is 5. The van der Waals surface area contributed by atoms with Crippen molar-refractivity contribution in [2.75, 3.05) is 17.3 Å². The van der Waals surface area contributed by atoms with Crippen LogP contribution in [0.1, 0.15) is 11.3 Å². The van der Waals surface area contributed by atoms with Crippen molar-refractivity contribution < 1.29 is 0 Å². The third-order valence-electron chi connectivity index (χ3n) is 3.69. The van der Waals surface area contributed by atoms with Gasteiger partial charge in [0.15, 0.2) is 0 Å². The molecule has 4 nitrogen and oxygen atoms in total. The van der Waals surface area contributed by atoms with E-state index in [4.69, 9.17) is 11.6 Å². The Bertz CT molecular complexity index is 803. The van der Waals surface area contributed by atoms with Gasteiger partial charge in [0.2, 0.25) is 5.95 Å². The molecule has 0 unspecified atom stereocenters. The van der Waals surface area contributed by atoms with Crippen LogP contribution in [0.25, 0.3) is 0 Å². The van der Waals surface area contributed by atoms with E-state index in [2.05, 4.69) is 27.4 Å². The molecule has 3 aromatic rings. The summed E-state index contributed by atoms with van der Waals surface area (Å²) in [6.07, 6.45) is 0. The number of nitrogens with zero attached hydrogens (tertiary/aromatic N) is 3. The zero-order chi connectivity index (χ0) is 16.9. The van der Waals surface area contributed by atoms with E-state index < -0.39 is 0 Å². The van der Waals surface area contributed by atoms with E-state index >= 15 is 0 Å². The monoisotopic (exact) mass is 338 g/mol. The zero-order valence-electron chi connectivity index (χ0n) is 13.7. The molecule has 0 spiro atoms. The molecule has 0 saturated carbocycles. The number of aromatic nitrogens is 2. The number of anilines is 3. The van der Waals surface area contributed by atoms with E-state index in [9.17, 15) is 0 Å². The summed E-state index contributed by atoms with van der Waals surface area (Å²) in [6, 6.07) is 19.8. The Morgan fingerprint density at radius 2 is 1.71 bits per heavy atom. The molecule has 1 heterocycles. The van der Waals surface area contributed by atoms with E-state index in [1.165, 1.54) is 0 Å². The van der Waals surface area contributed by atoms with Crippen LogP contribution < -0.4 is 10.2 Å². The van der Waals surface area contributed by atoms with Gasteiger partial charge in [-0.2, -0.15) is 4.98 Å². The van der Waals surface area contributed by atoms with Crippen LogP contribution in [0.3, 0.4) is 0 Å². The minimum atomic E-state index is 0.614. The predicted molar refractivity (Wildman–Crippen MR) is 100 cm³/mol. The second-order valence-corrected chi connectivity index (χ2v) is 6.00. The van der Waals surface area contributed by atoms with Crippen molar-refractivity contribution in [3.63, 3.8) is 0 Å². The van der Waals surface area contributed by atoms with Gasteiger partial charge in [-0.05, 0) is 36.8 Å². The number of benzene rings is 2. The quantitative estimate of drug-likeness (QED) is 0.724. The van der Waals surface area contributed by atoms with Crippen molar-refractivity contribution in [2.45, 2.75) is 13.5 Å². The summed E-state index contributed by atoms with van der Waals surface area (Å²) >= 11 is 5.91.